The Morgan fingerprint density at radius 1 is 1.53 bits per heavy atom. The summed E-state index contributed by atoms with van der Waals surface area (Å²) >= 11 is 1.46. The van der Waals surface area contributed by atoms with Crippen LogP contribution in [0.4, 0.5) is 13.2 Å². The van der Waals surface area contributed by atoms with Crippen molar-refractivity contribution in [2.24, 2.45) is 5.92 Å². The first-order valence-electron chi connectivity index (χ1n) is 4.84. The van der Waals surface area contributed by atoms with Crippen molar-refractivity contribution >= 4 is 17.3 Å². The van der Waals surface area contributed by atoms with E-state index in [9.17, 15) is 18.0 Å². The molecule has 0 aliphatic heterocycles. The van der Waals surface area contributed by atoms with Crippen LogP contribution in [0.3, 0.4) is 0 Å². The molecule has 1 aromatic heterocycles. The zero-order valence-corrected chi connectivity index (χ0v) is 9.86. The van der Waals surface area contributed by atoms with E-state index in [-0.39, 0.29) is 6.54 Å². The first-order valence-corrected chi connectivity index (χ1v) is 5.78. The Kier molecular flexibility index (Phi) is 4.53. The summed E-state index contributed by atoms with van der Waals surface area (Å²) in [7, 11) is 0. The van der Waals surface area contributed by atoms with Crippen LogP contribution < -0.4 is 5.32 Å². The number of nitrogens with one attached hydrogen (secondary N) is 1. The third-order valence-corrected chi connectivity index (χ3v) is 3.23. The van der Waals surface area contributed by atoms with Gasteiger partial charge < -0.3 is 10.4 Å². The molecular formula is C10H12F3NO2S. The number of thiophene rings is 1. The van der Waals surface area contributed by atoms with Gasteiger partial charge in [-0.1, -0.05) is 0 Å². The van der Waals surface area contributed by atoms with Crippen LogP contribution in [0.5, 0.6) is 0 Å². The predicted octanol–water partition coefficient (Wildman–Crippen LogP) is 2.41. The number of aliphatic carboxylic acids is 1. The zero-order valence-electron chi connectivity index (χ0n) is 9.04. The maximum atomic E-state index is 12.3. The molecule has 1 aromatic rings. The highest BCUT2D eigenvalue weighted by Crippen LogP contribution is 2.26. The Labute approximate surface area is 100 Å². The fraction of sp³-hybridized carbons (Fsp3) is 0.500. The van der Waals surface area contributed by atoms with Crippen molar-refractivity contribution in [1.82, 2.24) is 5.32 Å². The van der Waals surface area contributed by atoms with Gasteiger partial charge in [0.15, 0.2) is 5.92 Å². The molecule has 2 N–H and O–H groups in total. The third kappa shape index (κ3) is 4.01. The van der Waals surface area contributed by atoms with E-state index >= 15 is 0 Å². The maximum Gasteiger partial charge on any atom is 0.403 e. The van der Waals surface area contributed by atoms with Gasteiger partial charge in [0, 0.05) is 13.1 Å². The van der Waals surface area contributed by atoms with E-state index in [1.165, 1.54) is 11.3 Å². The lowest BCUT2D eigenvalue weighted by Crippen LogP contribution is -2.38. The summed E-state index contributed by atoms with van der Waals surface area (Å²) in [4.78, 5) is 10.4. The van der Waals surface area contributed by atoms with Gasteiger partial charge in [-0.3, -0.25) is 4.79 Å². The topological polar surface area (TPSA) is 49.3 Å². The zero-order chi connectivity index (χ0) is 13.1. The van der Waals surface area contributed by atoms with Crippen LogP contribution >= 0.6 is 11.3 Å². The number of rotatable bonds is 5. The van der Waals surface area contributed by atoms with Crippen LogP contribution in [0.2, 0.25) is 0 Å². The van der Waals surface area contributed by atoms with Crippen LogP contribution in [-0.4, -0.2) is 23.8 Å². The molecule has 0 spiro atoms. The Morgan fingerprint density at radius 2 is 2.18 bits per heavy atom. The number of hydrogen-bond donors (Lipinski definition) is 2. The molecule has 0 aliphatic carbocycles. The SMILES string of the molecule is Cc1cscc1CNCC(C(=O)O)C(F)(F)F. The van der Waals surface area contributed by atoms with Crippen molar-refractivity contribution in [2.75, 3.05) is 6.54 Å². The van der Waals surface area contributed by atoms with Gasteiger partial charge in [0.05, 0.1) is 0 Å². The lowest BCUT2D eigenvalue weighted by atomic mass is 10.1. The number of carboxylic acids is 1. The summed E-state index contributed by atoms with van der Waals surface area (Å²) in [6.45, 7) is 1.48. The summed E-state index contributed by atoms with van der Waals surface area (Å²) in [5.74, 6) is -4.21. The molecule has 3 nitrogen and oxygen atoms in total. The largest absolute Gasteiger partial charge is 0.481 e. The molecule has 1 atom stereocenters. The summed E-state index contributed by atoms with van der Waals surface area (Å²) in [5, 5.41) is 14.7. The molecule has 0 saturated carbocycles. The second-order valence-electron chi connectivity index (χ2n) is 3.64. The molecular weight excluding hydrogens is 255 g/mol. The number of aryl methyl sites for hydroxylation is 1. The minimum atomic E-state index is -4.72. The molecule has 0 aliphatic rings. The number of alkyl halides is 3. The van der Waals surface area contributed by atoms with Crippen LogP contribution in [0, 0.1) is 12.8 Å². The first-order chi connectivity index (χ1) is 7.82. The molecule has 0 bridgehead atoms. The number of halogens is 3. The van der Waals surface area contributed by atoms with E-state index in [0.29, 0.717) is 0 Å². The lowest BCUT2D eigenvalue weighted by molar-refractivity contribution is -0.192. The molecule has 0 aromatic carbocycles. The monoisotopic (exact) mass is 267 g/mol. The van der Waals surface area contributed by atoms with Crippen LogP contribution in [0.15, 0.2) is 10.8 Å². The van der Waals surface area contributed by atoms with Gasteiger partial charge in [-0.15, -0.1) is 0 Å². The minimum absolute atomic E-state index is 0.245. The molecule has 96 valence electrons. The predicted molar refractivity (Wildman–Crippen MR) is 57.9 cm³/mol. The molecule has 0 amide bonds. The summed E-state index contributed by atoms with van der Waals surface area (Å²) in [5.41, 5.74) is 1.88. The fourth-order valence-electron chi connectivity index (χ4n) is 1.26. The summed E-state index contributed by atoms with van der Waals surface area (Å²) in [6, 6.07) is 0. The van der Waals surface area contributed by atoms with Crippen molar-refractivity contribution < 1.29 is 23.1 Å². The highest BCUT2D eigenvalue weighted by Gasteiger charge is 2.44. The van der Waals surface area contributed by atoms with E-state index in [0.717, 1.165) is 11.1 Å². The molecule has 1 rings (SSSR count). The number of carbonyl (C=O) groups is 1. The van der Waals surface area contributed by atoms with Crippen molar-refractivity contribution in [3.05, 3.63) is 21.9 Å². The molecule has 7 heteroatoms. The van der Waals surface area contributed by atoms with Gasteiger partial charge >= 0.3 is 12.1 Å². The number of hydrogen-bond acceptors (Lipinski definition) is 3. The molecule has 1 unspecified atom stereocenters. The Hall–Kier alpha value is -1.08. The molecule has 1 heterocycles. The van der Waals surface area contributed by atoms with Gasteiger partial charge in [-0.25, -0.2) is 0 Å². The Morgan fingerprint density at radius 3 is 2.59 bits per heavy atom. The van der Waals surface area contributed by atoms with Gasteiger partial charge in [-0.2, -0.15) is 24.5 Å². The van der Waals surface area contributed by atoms with Crippen molar-refractivity contribution in [3.8, 4) is 0 Å². The van der Waals surface area contributed by atoms with Crippen molar-refractivity contribution in [1.29, 1.82) is 0 Å². The standard InChI is InChI=1S/C10H12F3NO2S/c1-6-4-17-5-7(6)2-14-3-8(9(15)16)10(11,12)13/h4-5,8,14H,2-3H2,1H3,(H,15,16). The van der Waals surface area contributed by atoms with Crippen molar-refractivity contribution in [2.45, 2.75) is 19.6 Å². The molecule has 17 heavy (non-hydrogen) atoms. The quantitative estimate of drug-likeness (QED) is 0.861. The van der Waals surface area contributed by atoms with E-state index in [1.807, 2.05) is 17.7 Å². The van der Waals surface area contributed by atoms with Gasteiger partial charge in [0.1, 0.15) is 0 Å². The van der Waals surface area contributed by atoms with Gasteiger partial charge in [0.25, 0.3) is 0 Å². The maximum absolute atomic E-state index is 12.3. The Bertz CT molecular complexity index is 389. The van der Waals surface area contributed by atoms with Gasteiger partial charge in [-0.05, 0) is 28.8 Å². The van der Waals surface area contributed by atoms with E-state index in [1.54, 1.807) is 0 Å². The van der Waals surface area contributed by atoms with Gasteiger partial charge in [0.2, 0.25) is 0 Å². The summed E-state index contributed by atoms with van der Waals surface area (Å²) in [6.07, 6.45) is -4.72. The summed E-state index contributed by atoms with van der Waals surface area (Å²) < 4.78 is 36.9. The van der Waals surface area contributed by atoms with E-state index in [2.05, 4.69) is 5.32 Å². The third-order valence-electron chi connectivity index (χ3n) is 2.32. The highest BCUT2D eigenvalue weighted by molar-refractivity contribution is 7.08. The van der Waals surface area contributed by atoms with Crippen LogP contribution in [-0.2, 0) is 11.3 Å². The average Bonchev–Trinajstić information content (AvgIpc) is 2.56. The average molecular weight is 267 g/mol. The second-order valence-corrected chi connectivity index (χ2v) is 4.39. The van der Waals surface area contributed by atoms with E-state index in [4.69, 9.17) is 5.11 Å². The molecule has 0 fully saturated rings. The first kappa shape index (κ1) is 14.0. The second kappa shape index (κ2) is 5.50. The molecule has 0 saturated heterocycles. The fourth-order valence-corrected chi connectivity index (χ4v) is 2.12. The highest BCUT2D eigenvalue weighted by atomic mass is 32.1. The normalized spacial score (nSPS) is 13.6. The lowest BCUT2D eigenvalue weighted by Gasteiger charge is -2.16. The van der Waals surface area contributed by atoms with Crippen molar-refractivity contribution in [3.63, 3.8) is 0 Å². The van der Waals surface area contributed by atoms with Crippen LogP contribution in [0.25, 0.3) is 0 Å². The smallest absolute Gasteiger partial charge is 0.403 e. The number of carboxylic acid groups (broad SMARTS) is 1. The van der Waals surface area contributed by atoms with Crippen LogP contribution in [0.1, 0.15) is 11.1 Å². The molecule has 0 radical (unpaired) electrons. The van der Waals surface area contributed by atoms with E-state index < -0.39 is 24.6 Å². The minimum Gasteiger partial charge on any atom is -0.481 e. The Balaban J connectivity index is 2.49.